The summed E-state index contributed by atoms with van der Waals surface area (Å²) in [6.07, 6.45) is 3.47. The van der Waals surface area contributed by atoms with Gasteiger partial charge in [0.05, 0.1) is 30.9 Å². The largest absolute Gasteiger partial charge is 0.378 e. The molecular formula is C25H26F2N6O. The van der Waals surface area contributed by atoms with Gasteiger partial charge >= 0.3 is 0 Å². The third kappa shape index (κ3) is 3.94. The number of rotatable bonds is 5. The summed E-state index contributed by atoms with van der Waals surface area (Å²) in [5.41, 5.74) is 5.53. The molecule has 1 saturated carbocycles. The molecule has 4 heterocycles. The van der Waals surface area contributed by atoms with Crippen molar-refractivity contribution in [3.05, 3.63) is 54.5 Å². The number of aryl methyl sites for hydroxylation is 1. The van der Waals surface area contributed by atoms with Gasteiger partial charge in [-0.1, -0.05) is 23.8 Å². The lowest BCUT2D eigenvalue weighted by Gasteiger charge is -2.35. The molecule has 7 nitrogen and oxygen atoms in total. The first-order chi connectivity index (χ1) is 16.4. The zero-order chi connectivity index (χ0) is 23.3. The zero-order valence-electron chi connectivity index (χ0n) is 19.0. The van der Waals surface area contributed by atoms with Crippen molar-refractivity contribution in [2.24, 2.45) is 5.92 Å². The van der Waals surface area contributed by atoms with E-state index in [-0.39, 0.29) is 18.8 Å². The number of pyridine rings is 1. The van der Waals surface area contributed by atoms with Gasteiger partial charge in [0, 0.05) is 50.3 Å². The summed E-state index contributed by atoms with van der Waals surface area (Å²) in [5, 5.41) is 4.79. The second-order valence-corrected chi connectivity index (χ2v) is 9.31. The van der Waals surface area contributed by atoms with E-state index in [1.807, 2.05) is 35.0 Å². The lowest BCUT2D eigenvalue weighted by Crippen LogP contribution is -2.37. The summed E-state index contributed by atoms with van der Waals surface area (Å²) < 4.78 is 36.1. The Kier molecular flexibility index (Phi) is 5.09. The fourth-order valence-corrected chi connectivity index (χ4v) is 4.90. The molecular weight excluding hydrogens is 438 g/mol. The molecule has 0 spiro atoms. The standard InChI is InChI=1S/C25H26F2N6O/c1-17-3-2-4-19(11-17)20-5-6-33(30-20)22-12-21(31-7-9-34-10-8-31)23-24(29-22)32(16-28-23)15-18-13-25(26,27)14-18/h2-6,11-12,16,18H,7-10,13-15H2,1H3. The molecule has 2 aliphatic rings. The number of fused-ring (bicyclic) bond motifs is 1. The minimum absolute atomic E-state index is 0.0673. The Morgan fingerprint density at radius 2 is 1.94 bits per heavy atom. The Morgan fingerprint density at radius 1 is 1.12 bits per heavy atom. The van der Waals surface area contributed by atoms with Crippen LogP contribution in [0.1, 0.15) is 18.4 Å². The van der Waals surface area contributed by atoms with Crippen LogP contribution in [0.15, 0.2) is 48.9 Å². The maximum absolute atomic E-state index is 13.4. The highest BCUT2D eigenvalue weighted by Gasteiger charge is 2.45. The van der Waals surface area contributed by atoms with Crippen LogP contribution in [-0.4, -0.2) is 56.5 Å². The maximum Gasteiger partial charge on any atom is 0.248 e. The highest BCUT2D eigenvalue weighted by atomic mass is 19.3. The number of aromatic nitrogens is 5. The van der Waals surface area contributed by atoms with Gasteiger partial charge < -0.3 is 14.2 Å². The molecule has 9 heteroatoms. The predicted molar refractivity (Wildman–Crippen MR) is 126 cm³/mol. The molecule has 1 aliphatic carbocycles. The minimum atomic E-state index is -2.54. The highest BCUT2D eigenvalue weighted by Crippen LogP contribution is 2.43. The number of anilines is 1. The molecule has 0 radical (unpaired) electrons. The van der Waals surface area contributed by atoms with E-state index in [9.17, 15) is 8.78 Å². The van der Waals surface area contributed by atoms with Crippen molar-refractivity contribution in [1.29, 1.82) is 0 Å². The van der Waals surface area contributed by atoms with Crippen LogP contribution in [0, 0.1) is 12.8 Å². The van der Waals surface area contributed by atoms with E-state index in [1.54, 1.807) is 11.0 Å². The van der Waals surface area contributed by atoms with Gasteiger partial charge in [0.15, 0.2) is 11.5 Å². The number of alkyl halides is 2. The van der Waals surface area contributed by atoms with Crippen molar-refractivity contribution in [3.63, 3.8) is 0 Å². The molecule has 34 heavy (non-hydrogen) atoms. The molecule has 0 bridgehead atoms. The number of halogens is 2. The van der Waals surface area contributed by atoms with E-state index in [1.165, 1.54) is 5.56 Å². The normalized spacial score (nSPS) is 18.4. The van der Waals surface area contributed by atoms with Crippen molar-refractivity contribution in [3.8, 4) is 17.1 Å². The van der Waals surface area contributed by atoms with Gasteiger partial charge in [-0.05, 0) is 25.0 Å². The van der Waals surface area contributed by atoms with Gasteiger partial charge in [-0.25, -0.2) is 23.4 Å². The van der Waals surface area contributed by atoms with Crippen LogP contribution in [0.5, 0.6) is 0 Å². The molecule has 0 amide bonds. The third-order valence-electron chi connectivity index (χ3n) is 6.66. The van der Waals surface area contributed by atoms with Gasteiger partial charge in [-0.2, -0.15) is 5.10 Å². The van der Waals surface area contributed by atoms with Crippen molar-refractivity contribution >= 4 is 16.9 Å². The van der Waals surface area contributed by atoms with Crippen molar-refractivity contribution in [1.82, 2.24) is 24.3 Å². The molecule has 1 aliphatic heterocycles. The quantitative estimate of drug-likeness (QED) is 0.436. The first-order valence-corrected chi connectivity index (χ1v) is 11.6. The summed E-state index contributed by atoms with van der Waals surface area (Å²) in [6.45, 7) is 5.36. The number of imidazole rings is 1. The summed E-state index contributed by atoms with van der Waals surface area (Å²) in [6, 6.07) is 12.2. The van der Waals surface area contributed by atoms with Crippen molar-refractivity contribution in [2.45, 2.75) is 32.2 Å². The number of benzene rings is 1. The Morgan fingerprint density at radius 3 is 2.71 bits per heavy atom. The fourth-order valence-electron chi connectivity index (χ4n) is 4.90. The molecule has 1 aromatic carbocycles. The molecule has 0 N–H and O–H groups in total. The van der Waals surface area contributed by atoms with Gasteiger partial charge in [0.1, 0.15) is 5.52 Å². The summed E-state index contributed by atoms with van der Waals surface area (Å²) in [4.78, 5) is 11.8. The molecule has 2 fully saturated rings. The topological polar surface area (TPSA) is 61.0 Å². The average molecular weight is 465 g/mol. The van der Waals surface area contributed by atoms with Gasteiger partial charge in [-0.3, -0.25) is 0 Å². The average Bonchev–Trinajstić information content (AvgIpc) is 3.46. The monoisotopic (exact) mass is 464 g/mol. The third-order valence-corrected chi connectivity index (χ3v) is 6.66. The predicted octanol–water partition coefficient (Wildman–Crippen LogP) is 4.47. The van der Waals surface area contributed by atoms with Crippen LogP contribution in [0.3, 0.4) is 0 Å². The summed E-state index contributed by atoms with van der Waals surface area (Å²) in [5.74, 6) is -1.93. The minimum Gasteiger partial charge on any atom is -0.378 e. The lowest BCUT2D eigenvalue weighted by molar-refractivity contribution is -0.113. The molecule has 4 aromatic rings. The maximum atomic E-state index is 13.4. The number of hydrogen-bond donors (Lipinski definition) is 0. The molecule has 6 rings (SSSR count). The van der Waals surface area contributed by atoms with Gasteiger partial charge in [-0.15, -0.1) is 0 Å². The molecule has 1 saturated heterocycles. The Balaban J connectivity index is 1.40. The van der Waals surface area contributed by atoms with Crippen LogP contribution < -0.4 is 4.90 Å². The molecule has 0 atom stereocenters. The summed E-state index contributed by atoms with van der Waals surface area (Å²) >= 11 is 0. The highest BCUT2D eigenvalue weighted by molar-refractivity contribution is 5.87. The second kappa shape index (κ2) is 8.16. The van der Waals surface area contributed by atoms with E-state index < -0.39 is 5.92 Å². The SMILES string of the molecule is Cc1cccc(-c2ccn(-c3cc(N4CCOCC4)c4ncn(CC5CC(F)(F)C5)c4n3)n2)c1. The second-order valence-electron chi connectivity index (χ2n) is 9.31. The van der Waals surface area contributed by atoms with Gasteiger partial charge in [0.2, 0.25) is 5.92 Å². The smallest absolute Gasteiger partial charge is 0.248 e. The van der Waals surface area contributed by atoms with Crippen LogP contribution in [0.4, 0.5) is 14.5 Å². The number of hydrogen-bond acceptors (Lipinski definition) is 5. The Labute approximate surface area is 196 Å². The summed E-state index contributed by atoms with van der Waals surface area (Å²) in [7, 11) is 0. The first-order valence-electron chi connectivity index (χ1n) is 11.6. The van der Waals surface area contributed by atoms with Crippen molar-refractivity contribution < 1.29 is 13.5 Å². The molecule has 0 unspecified atom stereocenters. The van der Waals surface area contributed by atoms with Crippen LogP contribution >= 0.6 is 0 Å². The van der Waals surface area contributed by atoms with Crippen LogP contribution in [-0.2, 0) is 11.3 Å². The van der Waals surface area contributed by atoms with Crippen LogP contribution in [0.25, 0.3) is 28.2 Å². The van der Waals surface area contributed by atoms with E-state index >= 15 is 0 Å². The van der Waals surface area contributed by atoms with Crippen LogP contribution in [0.2, 0.25) is 0 Å². The number of morpholine rings is 1. The van der Waals surface area contributed by atoms with Crippen molar-refractivity contribution in [2.75, 3.05) is 31.2 Å². The fraction of sp³-hybridized carbons (Fsp3) is 0.400. The Bertz CT molecular complexity index is 1330. The molecule has 176 valence electrons. The lowest BCUT2D eigenvalue weighted by atomic mass is 9.81. The number of nitrogens with zero attached hydrogens (tertiary/aromatic N) is 6. The van der Waals surface area contributed by atoms with E-state index in [0.29, 0.717) is 31.2 Å². The zero-order valence-corrected chi connectivity index (χ0v) is 19.0. The van der Waals surface area contributed by atoms with Gasteiger partial charge in [0.25, 0.3) is 0 Å². The van der Waals surface area contributed by atoms with E-state index in [0.717, 1.165) is 35.6 Å². The Hall–Kier alpha value is -3.33. The van der Waals surface area contributed by atoms with E-state index in [4.69, 9.17) is 14.8 Å². The van der Waals surface area contributed by atoms with E-state index in [2.05, 4.69) is 28.9 Å². The molecule has 3 aromatic heterocycles. The number of ether oxygens (including phenoxy) is 1. The first kappa shape index (κ1) is 21.2.